The zero-order chi connectivity index (χ0) is 22.1. The maximum absolute atomic E-state index is 12.6. The first kappa shape index (κ1) is 22.5. The molecule has 0 spiro atoms. The number of anilines is 1. The van der Waals surface area contributed by atoms with E-state index in [-0.39, 0.29) is 11.9 Å². The van der Waals surface area contributed by atoms with Crippen LogP contribution in [-0.4, -0.2) is 54.8 Å². The van der Waals surface area contributed by atoms with Gasteiger partial charge in [0.25, 0.3) is 5.91 Å². The summed E-state index contributed by atoms with van der Waals surface area (Å²) in [6, 6.07) is 16.8. The third kappa shape index (κ3) is 6.39. The van der Waals surface area contributed by atoms with E-state index >= 15 is 0 Å². The molecule has 7 nitrogen and oxygen atoms in total. The van der Waals surface area contributed by atoms with Gasteiger partial charge < -0.3 is 16.0 Å². The van der Waals surface area contributed by atoms with Crippen molar-refractivity contribution in [3.63, 3.8) is 0 Å². The van der Waals surface area contributed by atoms with E-state index < -0.39 is 11.8 Å². The van der Waals surface area contributed by atoms with E-state index in [9.17, 15) is 14.4 Å². The summed E-state index contributed by atoms with van der Waals surface area (Å²) in [4.78, 5) is 39.5. The molecule has 164 valence electrons. The number of amides is 3. The monoisotopic (exact) mass is 422 g/mol. The lowest BCUT2D eigenvalue weighted by Gasteiger charge is -2.22. The van der Waals surface area contributed by atoms with Gasteiger partial charge in [-0.05, 0) is 50.0 Å². The first-order chi connectivity index (χ1) is 15.1. The number of likely N-dealkylation sites (N-methyl/N-ethyl adjacent to an activating group) is 1. The summed E-state index contributed by atoms with van der Waals surface area (Å²) in [5, 5.41) is 8.16. The van der Waals surface area contributed by atoms with Crippen LogP contribution in [0.5, 0.6) is 0 Å². The van der Waals surface area contributed by atoms with Crippen LogP contribution in [0.3, 0.4) is 0 Å². The Morgan fingerprint density at radius 1 is 0.968 bits per heavy atom. The number of nitrogens with one attached hydrogen (secondary N) is 3. The van der Waals surface area contributed by atoms with Gasteiger partial charge in [-0.3, -0.25) is 19.3 Å². The third-order valence-electron chi connectivity index (χ3n) is 5.57. The molecule has 1 atom stereocenters. The number of hydrogen-bond donors (Lipinski definition) is 3. The molecule has 3 rings (SSSR count). The van der Waals surface area contributed by atoms with Crippen LogP contribution in [0.25, 0.3) is 0 Å². The van der Waals surface area contributed by atoms with E-state index in [0.29, 0.717) is 30.8 Å². The Morgan fingerprint density at radius 3 is 2.48 bits per heavy atom. The van der Waals surface area contributed by atoms with Crippen LogP contribution in [-0.2, 0) is 16.0 Å². The van der Waals surface area contributed by atoms with Gasteiger partial charge in [-0.2, -0.15) is 0 Å². The number of nitrogens with zero attached hydrogens (tertiary/aromatic N) is 1. The van der Waals surface area contributed by atoms with E-state index in [4.69, 9.17) is 0 Å². The molecule has 0 bridgehead atoms. The highest BCUT2D eigenvalue weighted by Crippen LogP contribution is 2.16. The Morgan fingerprint density at radius 2 is 1.71 bits per heavy atom. The molecule has 1 fully saturated rings. The number of para-hydroxylation sites is 1. The third-order valence-corrected chi connectivity index (χ3v) is 5.57. The molecule has 3 amide bonds. The largest absolute Gasteiger partial charge is 0.352 e. The molecule has 1 aliphatic rings. The predicted molar refractivity (Wildman–Crippen MR) is 121 cm³/mol. The molecule has 2 aromatic carbocycles. The molecule has 0 radical (unpaired) electrons. The van der Waals surface area contributed by atoms with Crippen molar-refractivity contribution in [3.8, 4) is 0 Å². The van der Waals surface area contributed by atoms with E-state index in [1.807, 2.05) is 30.3 Å². The maximum Gasteiger partial charge on any atom is 0.313 e. The minimum absolute atomic E-state index is 0.268. The average Bonchev–Trinajstić information content (AvgIpc) is 3.26. The molecular weight excluding hydrogens is 392 g/mol. The molecular formula is C24H30N4O3. The molecule has 0 aliphatic carbocycles. The zero-order valence-electron chi connectivity index (χ0n) is 17.9. The Bertz CT molecular complexity index is 901. The first-order valence-corrected chi connectivity index (χ1v) is 10.8. The molecule has 2 aromatic rings. The quantitative estimate of drug-likeness (QED) is 0.569. The highest BCUT2D eigenvalue weighted by atomic mass is 16.2. The maximum atomic E-state index is 12.6. The van der Waals surface area contributed by atoms with E-state index in [1.54, 1.807) is 24.3 Å². The van der Waals surface area contributed by atoms with Crippen LogP contribution in [0.4, 0.5) is 5.69 Å². The number of hydrogen-bond acceptors (Lipinski definition) is 4. The van der Waals surface area contributed by atoms with Crippen molar-refractivity contribution in [1.82, 2.24) is 15.5 Å². The van der Waals surface area contributed by atoms with Gasteiger partial charge in [0.05, 0.1) is 11.3 Å². The van der Waals surface area contributed by atoms with Gasteiger partial charge in [0, 0.05) is 19.1 Å². The van der Waals surface area contributed by atoms with Crippen molar-refractivity contribution < 1.29 is 14.4 Å². The number of rotatable bonds is 8. The fraction of sp³-hybridized carbons (Fsp3) is 0.375. The Hall–Kier alpha value is -3.19. The minimum Gasteiger partial charge on any atom is -0.352 e. The van der Waals surface area contributed by atoms with Gasteiger partial charge in [0.2, 0.25) is 0 Å². The van der Waals surface area contributed by atoms with Crippen LogP contribution >= 0.6 is 0 Å². The van der Waals surface area contributed by atoms with Gasteiger partial charge in [0.1, 0.15) is 0 Å². The second-order valence-corrected chi connectivity index (χ2v) is 7.63. The van der Waals surface area contributed by atoms with Crippen molar-refractivity contribution in [1.29, 1.82) is 0 Å². The first-order valence-electron chi connectivity index (χ1n) is 10.8. The fourth-order valence-corrected chi connectivity index (χ4v) is 3.86. The van der Waals surface area contributed by atoms with Gasteiger partial charge in [-0.1, -0.05) is 49.4 Å². The lowest BCUT2D eigenvalue weighted by molar-refractivity contribution is -0.136. The van der Waals surface area contributed by atoms with Crippen molar-refractivity contribution in [2.45, 2.75) is 32.2 Å². The number of carbonyl (C=O) groups excluding carboxylic acids is 3. The summed E-state index contributed by atoms with van der Waals surface area (Å²) < 4.78 is 0. The lowest BCUT2D eigenvalue weighted by atomic mass is 10.1. The molecule has 0 saturated carbocycles. The van der Waals surface area contributed by atoms with Crippen molar-refractivity contribution in [2.24, 2.45) is 0 Å². The summed E-state index contributed by atoms with van der Waals surface area (Å²) in [5.74, 6) is -1.76. The summed E-state index contributed by atoms with van der Waals surface area (Å²) in [7, 11) is 0. The van der Waals surface area contributed by atoms with E-state index in [1.165, 1.54) is 0 Å². The molecule has 0 unspecified atom stereocenters. The molecule has 1 saturated heterocycles. The Balaban J connectivity index is 1.52. The molecule has 1 heterocycles. The second-order valence-electron chi connectivity index (χ2n) is 7.63. The van der Waals surface area contributed by atoms with Crippen LogP contribution in [0.2, 0.25) is 0 Å². The van der Waals surface area contributed by atoms with Gasteiger partial charge in [0.15, 0.2) is 0 Å². The number of carbonyl (C=O) groups is 3. The van der Waals surface area contributed by atoms with Gasteiger partial charge in [-0.25, -0.2) is 0 Å². The van der Waals surface area contributed by atoms with Crippen molar-refractivity contribution in [2.75, 3.05) is 31.5 Å². The van der Waals surface area contributed by atoms with Crippen LogP contribution in [0.1, 0.15) is 35.7 Å². The van der Waals surface area contributed by atoms with Crippen LogP contribution < -0.4 is 16.0 Å². The standard InChI is InChI=1S/C24H30N4O3/c1-2-28-16-8-11-19(28)17-26-23(30)24(31)27-21-13-7-6-12-20(21)22(29)25-15-14-18-9-4-3-5-10-18/h3-7,9-10,12-13,19H,2,8,11,14-17H2,1H3,(H,25,29)(H,26,30)(H,27,31)/t19-/m1/s1. The van der Waals surface area contributed by atoms with E-state index in [0.717, 1.165) is 31.5 Å². The molecule has 31 heavy (non-hydrogen) atoms. The lowest BCUT2D eigenvalue weighted by Crippen LogP contribution is -2.43. The number of likely N-dealkylation sites (tertiary alicyclic amines) is 1. The van der Waals surface area contributed by atoms with Crippen LogP contribution in [0.15, 0.2) is 54.6 Å². The molecule has 7 heteroatoms. The topological polar surface area (TPSA) is 90.5 Å². The van der Waals surface area contributed by atoms with Gasteiger partial charge in [-0.15, -0.1) is 0 Å². The summed E-state index contributed by atoms with van der Waals surface area (Å²) in [6.45, 7) is 4.97. The smallest absolute Gasteiger partial charge is 0.313 e. The highest BCUT2D eigenvalue weighted by molar-refractivity contribution is 6.40. The minimum atomic E-state index is -0.773. The second kappa shape index (κ2) is 11.3. The Labute approximate surface area is 183 Å². The SMILES string of the molecule is CCN1CCC[C@@H]1CNC(=O)C(=O)Nc1ccccc1C(=O)NCCc1ccccc1. The summed E-state index contributed by atoms with van der Waals surface area (Å²) in [5.41, 5.74) is 1.77. The molecule has 1 aliphatic heterocycles. The summed E-state index contributed by atoms with van der Waals surface area (Å²) >= 11 is 0. The number of benzene rings is 2. The normalized spacial score (nSPS) is 16.0. The van der Waals surface area contributed by atoms with E-state index in [2.05, 4.69) is 27.8 Å². The van der Waals surface area contributed by atoms with Crippen molar-refractivity contribution >= 4 is 23.4 Å². The van der Waals surface area contributed by atoms with Crippen molar-refractivity contribution in [3.05, 3.63) is 65.7 Å². The average molecular weight is 423 g/mol. The molecule has 0 aromatic heterocycles. The van der Waals surface area contributed by atoms with Crippen LogP contribution in [0, 0.1) is 0 Å². The fourth-order valence-electron chi connectivity index (χ4n) is 3.86. The zero-order valence-corrected chi connectivity index (χ0v) is 17.9. The Kier molecular flexibility index (Phi) is 8.18. The van der Waals surface area contributed by atoms with Gasteiger partial charge >= 0.3 is 11.8 Å². The summed E-state index contributed by atoms with van der Waals surface area (Å²) in [6.07, 6.45) is 2.83. The highest BCUT2D eigenvalue weighted by Gasteiger charge is 2.25. The predicted octanol–water partition coefficient (Wildman–Crippen LogP) is 2.20. The molecule has 3 N–H and O–H groups in total.